The first-order valence-corrected chi connectivity index (χ1v) is 8.04. The van der Waals surface area contributed by atoms with Crippen LogP contribution in [-0.2, 0) is 13.0 Å². The Bertz CT molecular complexity index is 943. The maximum atomic E-state index is 12.6. The molecule has 24 heavy (non-hydrogen) atoms. The number of nitrogens with one attached hydrogen (secondary N) is 1. The van der Waals surface area contributed by atoms with Crippen LogP contribution in [0.4, 0.5) is 5.69 Å². The minimum absolute atomic E-state index is 0.0879. The zero-order valence-corrected chi connectivity index (χ0v) is 13.7. The zero-order chi connectivity index (χ0) is 17.1. The molecule has 5 heteroatoms. The summed E-state index contributed by atoms with van der Waals surface area (Å²) in [5, 5.41) is 2.75. The predicted molar refractivity (Wildman–Crippen MR) is 95.5 cm³/mol. The quantitative estimate of drug-likeness (QED) is 0.802. The van der Waals surface area contributed by atoms with Gasteiger partial charge in [0.1, 0.15) is 0 Å². The Morgan fingerprint density at radius 1 is 1.08 bits per heavy atom. The second-order valence-electron chi connectivity index (χ2n) is 5.50. The molecule has 0 unspecified atom stereocenters. The summed E-state index contributed by atoms with van der Waals surface area (Å²) in [5.41, 5.74) is 2.73. The molecule has 1 heterocycles. The maximum absolute atomic E-state index is 12.6. The van der Waals surface area contributed by atoms with Gasteiger partial charge >= 0.3 is 0 Å². The topological polar surface area (TPSA) is 64.0 Å². The number of carbonyl (C=O) groups is 1. The van der Waals surface area contributed by atoms with Gasteiger partial charge in [0.05, 0.1) is 11.0 Å². The van der Waals surface area contributed by atoms with Gasteiger partial charge in [-0.05, 0) is 43.2 Å². The maximum Gasteiger partial charge on any atom is 0.282 e. The second-order valence-corrected chi connectivity index (χ2v) is 5.50. The molecule has 1 aromatic heterocycles. The lowest BCUT2D eigenvalue weighted by molar-refractivity contribution is 0.102. The molecular formula is C19H19N3O2. The van der Waals surface area contributed by atoms with Gasteiger partial charge in [-0.1, -0.05) is 31.2 Å². The van der Waals surface area contributed by atoms with Crippen molar-refractivity contribution in [1.82, 2.24) is 9.55 Å². The van der Waals surface area contributed by atoms with E-state index in [2.05, 4.69) is 17.2 Å². The van der Waals surface area contributed by atoms with Crippen molar-refractivity contribution in [2.45, 2.75) is 26.8 Å². The lowest BCUT2D eigenvalue weighted by Gasteiger charge is -2.10. The highest BCUT2D eigenvalue weighted by Crippen LogP contribution is 2.13. The number of hydrogen-bond acceptors (Lipinski definition) is 3. The van der Waals surface area contributed by atoms with E-state index in [0.717, 1.165) is 11.9 Å². The Morgan fingerprint density at radius 2 is 1.79 bits per heavy atom. The number of anilines is 1. The fraction of sp³-hybridized carbons (Fsp3) is 0.211. The van der Waals surface area contributed by atoms with Crippen LogP contribution in [0.5, 0.6) is 0 Å². The Hall–Kier alpha value is -2.95. The Morgan fingerprint density at radius 3 is 2.46 bits per heavy atom. The molecule has 5 nitrogen and oxygen atoms in total. The van der Waals surface area contributed by atoms with E-state index in [1.54, 1.807) is 10.6 Å². The molecule has 0 saturated carbocycles. The van der Waals surface area contributed by atoms with Gasteiger partial charge in [-0.3, -0.25) is 9.59 Å². The van der Waals surface area contributed by atoms with Crippen molar-refractivity contribution in [1.29, 1.82) is 0 Å². The average molecular weight is 321 g/mol. The number of para-hydroxylation sites is 2. The average Bonchev–Trinajstić information content (AvgIpc) is 2.61. The van der Waals surface area contributed by atoms with Crippen molar-refractivity contribution < 1.29 is 4.79 Å². The third-order valence-corrected chi connectivity index (χ3v) is 4.00. The minimum atomic E-state index is -0.489. The molecule has 0 spiro atoms. The van der Waals surface area contributed by atoms with E-state index < -0.39 is 5.91 Å². The van der Waals surface area contributed by atoms with Gasteiger partial charge in [-0.15, -0.1) is 0 Å². The van der Waals surface area contributed by atoms with E-state index in [9.17, 15) is 9.59 Å². The number of rotatable bonds is 4. The standard InChI is InChI=1S/C19H19N3O2/c1-3-13-9-11-14(12-10-13)20-18(23)17-19(24)22(4-2)16-8-6-5-7-15(16)21-17/h5-12H,3-4H2,1-2H3,(H,20,23). The molecule has 0 aliphatic heterocycles. The molecule has 0 atom stereocenters. The Balaban J connectivity index is 2.00. The van der Waals surface area contributed by atoms with Gasteiger partial charge in [0.25, 0.3) is 11.5 Å². The summed E-state index contributed by atoms with van der Waals surface area (Å²) in [4.78, 5) is 29.4. The lowest BCUT2D eigenvalue weighted by Crippen LogP contribution is -2.30. The summed E-state index contributed by atoms with van der Waals surface area (Å²) in [6.45, 7) is 4.42. The third-order valence-electron chi connectivity index (χ3n) is 4.00. The van der Waals surface area contributed by atoms with Gasteiger partial charge < -0.3 is 9.88 Å². The fourth-order valence-corrected chi connectivity index (χ4v) is 2.67. The normalized spacial score (nSPS) is 10.8. The van der Waals surface area contributed by atoms with Crippen LogP contribution in [0.1, 0.15) is 29.9 Å². The number of fused-ring (bicyclic) bond motifs is 1. The second kappa shape index (κ2) is 6.66. The zero-order valence-electron chi connectivity index (χ0n) is 13.7. The molecule has 0 aliphatic carbocycles. The van der Waals surface area contributed by atoms with Crippen molar-refractivity contribution >= 4 is 22.6 Å². The number of nitrogens with zero attached hydrogens (tertiary/aromatic N) is 2. The van der Waals surface area contributed by atoms with Gasteiger partial charge in [0, 0.05) is 12.2 Å². The van der Waals surface area contributed by atoms with E-state index in [1.165, 1.54) is 5.56 Å². The molecule has 122 valence electrons. The molecule has 0 radical (unpaired) electrons. The minimum Gasteiger partial charge on any atom is -0.320 e. The molecule has 3 rings (SSSR count). The Labute approximate surface area is 140 Å². The van der Waals surface area contributed by atoms with Gasteiger partial charge in [0.15, 0.2) is 5.69 Å². The summed E-state index contributed by atoms with van der Waals surface area (Å²) in [5.74, 6) is -0.489. The molecule has 0 fully saturated rings. The number of amides is 1. The summed E-state index contributed by atoms with van der Waals surface area (Å²) >= 11 is 0. The van der Waals surface area contributed by atoms with Crippen LogP contribution in [0.3, 0.4) is 0 Å². The summed E-state index contributed by atoms with van der Waals surface area (Å²) < 4.78 is 1.57. The highest BCUT2D eigenvalue weighted by Gasteiger charge is 2.17. The first-order valence-electron chi connectivity index (χ1n) is 8.04. The highest BCUT2D eigenvalue weighted by molar-refractivity contribution is 6.03. The summed E-state index contributed by atoms with van der Waals surface area (Å²) in [6, 6.07) is 14.9. The highest BCUT2D eigenvalue weighted by atomic mass is 16.2. The van der Waals surface area contributed by atoms with Gasteiger partial charge in [-0.25, -0.2) is 4.98 Å². The van der Waals surface area contributed by atoms with Gasteiger partial charge in [0.2, 0.25) is 0 Å². The van der Waals surface area contributed by atoms with E-state index in [-0.39, 0.29) is 11.3 Å². The number of aryl methyl sites for hydroxylation is 2. The number of benzene rings is 2. The third kappa shape index (κ3) is 2.93. The molecule has 0 aliphatic rings. The SMILES string of the molecule is CCc1ccc(NC(=O)c2nc3ccccc3n(CC)c2=O)cc1. The smallest absolute Gasteiger partial charge is 0.282 e. The van der Waals surface area contributed by atoms with Crippen LogP contribution in [0.25, 0.3) is 11.0 Å². The molecule has 2 aromatic carbocycles. The van der Waals surface area contributed by atoms with Crippen molar-refractivity contribution in [3.05, 3.63) is 70.1 Å². The van der Waals surface area contributed by atoms with Crippen molar-refractivity contribution in [3.63, 3.8) is 0 Å². The van der Waals surface area contributed by atoms with Crippen LogP contribution in [-0.4, -0.2) is 15.5 Å². The first-order chi connectivity index (χ1) is 11.6. The molecule has 0 saturated heterocycles. The van der Waals surface area contributed by atoms with E-state index in [0.29, 0.717) is 17.7 Å². The van der Waals surface area contributed by atoms with Crippen molar-refractivity contribution in [3.8, 4) is 0 Å². The van der Waals surface area contributed by atoms with E-state index >= 15 is 0 Å². The van der Waals surface area contributed by atoms with E-state index in [4.69, 9.17) is 0 Å². The monoisotopic (exact) mass is 321 g/mol. The Kier molecular flexibility index (Phi) is 4.42. The summed E-state index contributed by atoms with van der Waals surface area (Å²) in [6.07, 6.45) is 0.932. The summed E-state index contributed by atoms with van der Waals surface area (Å²) in [7, 11) is 0. The lowest BCUT2D eigenvalue weighted by atomic mass is 10.1. The number of hydrogen-bond donors (Lipinski definition) is 1. The van der Waals surface area contributed by atoms with Gasteiger partial charge in [-0.2, -0.15) is 0 Å². The predicted octanol–water partition coefficient (Wildman–Crippen LogP) is 3.23. The van der Waals surface area contributed by atoms with E-state index in [1.807, 2.05) is 49.4 Å². The molecule has 3 aromatic rings. The fourth-order valence-electron chi connectivity index (χ4n) is 2.67. The van der Waals surface area contributed by atoms with Crippen LogP contribution in [0, 0.1) is 0 Å². The van der Waals surface area contributed by atoms with Crippen LogP contribution in [0.2, 0.25) is 0 Å². The number of aromatic nitrogens is 2. The number of carbonyl (C=O) groups excluding carboxylic acids is 1. The first kappa shape index (κ1) is 15.9. The van der Waals surface area contributed by atoms with Crippen molar-refractivity contribution in [2.75, 3.05) is 5.32 Å². The van der Waals surface area contributed by atoms with Crippen molar-refractivity contribution in [2.24, 2.45) is 0 Å². The molecule has 1 N–H and O–H groups in total. The van der Waals surface area contributed by atoms with Crippen LogP contribution in [0.15, 0.2) is 53.3 Å². The molecule has 0 bridgehead atoms. The molecular weight excluding hydrogens is 302 g/mol. The van der Waals surface area contributed by atoms with Crippen LogP contribution < -0.4 is 10.9 Å². The molecule has 1 amide bonds. The largest absolute Gasteiger partial charge is 0.320 e. The van der Waals surface area contributed by atoms with Crippen LogP contribution >= 0.6 is 0 Å².